The maximum absolute atomic E-state index is 13.1. The molecular weight excluding hydrogens is 458 g/mol. The molecule has 3 heterocycles. The number of nitrogens with zero attached hydrogens (tertiary/aromatic N) is 3. The Morgan fingerprint density at radius 1 is 1.06 bits per heavy atom. The number of phenols is 1. The minimum atomic E-state index is -0.726. The molecule has 182 valence electrons. The number of hydrogen-bond donors (Lipinski definition) is 3. The predicted molar refractivity (Wildman–Crippen MR) is 131 cm³/mol. The van der Waals surface area contributed by atoms with Gasteiger partial charge < -0.3 is 15.3 Å². The number of anilines is 2. The maximum atomic E-state index is 13.1. The van der Waals surface area contributed by atoms with Crippen LogP contribution in [0.1, 0.15) is 57.7 Å². The van der Waals surface area contributed by atoms with E-state index in [-0.39, 0.29) is 37.0 Å². The van der Waals surface area contributed by atoms with Gasteiger partial charge in [0.1, 0.15) is 23.4 Å². The largest absolute Gasteiger partial charge is 0.508 e. The van der Waals surface area contributed by atoms with E-state index >= 15 is 0 Å². The Hall–Kier alpha value is -4.27. The molecule has 1 fully saturated rings. The molecule has 9 nitrogen and oxygen atoms in total. The highest BCUT2D eigenvalue weighted by Gasteiger charge is 2.40. The highest BCUT2D eigenvalue weighted by Crippen LogP contribution is 2.36. The van der Waals surface area contributed by atoms with Crippen LogP contribution in [-0.4, -0.2) is 43.7 Å². The van der Waals surface area contributed by atoms with E-state index in [0.717, 1.165) is 18.4 Å². The van der Waals surface area contributed by atoms with E-state index in [4.69, 9.17) is 0 Å². The molecule has 1 atom stereocenters. The summed E-state index contributed by atoms with van der Waals surface area (Å²) in [6.45, 7) is 0.191. The maximum Gasteiger partial charge on any atom is 0.255 e. The van der Waals surface area contributed by atoms with Crippen LogP contribution in [0, 0.1) is 0 Å². The average Bonchev–Trinajstić information content (AvgIpc) is 3.44. The lowest BCUT2D eigenvalue weighted by molar-refractivity contribution is -0.136. The summed E-state index contributed by atoms with van der Waals surface area (Å²) in [5.41, 5.74) is 5.53. The summed E-state index contributed by atoms with van der Waals surface area (Å²) >= 11 is 0. The Balaban J connectivity index is 1.24. The first kappa shape index (κ1) is 22.2. The van der Waals surface area contributed by atoms with Gasteiger partial charge >= 0.3 is 0 Å². The lowest BCUT2D eigenvalue weighted by atomic mass is 10.0. The molecule has 0 spiro atoms. The molecule has 2 aromatic carbocycles. The fraction of sp³-hybridized carbons (Fsp3) is 0.296. The molecule has 1 saturated heterocycles. The van der Waals surface area contributed by atoms with Crippen molar-refractivity contribution in [2.75, 3.05) is 5.32 Å². The third-order valence-corrected chi connectivity index (χ3v) is 7.13. The molecular formula is C27H25N5O4. The SMILES string of the molecule is O=C1CCC(N2Cc3c(Nc4ccnc(Cc5ccc6c(c5)CCC6)n4)cc(O)cc3C2=O)C(=O)N1. The number of fused-ring (bicyclic) bond motifs is 2. The fourth-order valence-corrected chi connectivity index (χ4v) is 5.37. The first-order valence-corrected chi connectivity index (χ1v) is 12.1. The van der Waals surface area contributed by atoms with Crippen molar-refractivity contribution in [2.24, 2.45) is 0 Å². The van der Waals surface area contributed by atoms with Gasteiger partial charge in [0.15, 0.2) is 0 Å². The van der Waals surface area contributed by atoms with Crippen LogP contribution in [0.5, 0.6) is 5.75 Å². The van der Waals surface area contributed by atoms with Gasteiger partial charge in [0.2, 0.25) is 11.8 Å². The molecule has 1 aliphatic carbocycles. The van der Waals surface area contributed by atoms with Gasteiger partial charge in [0.05, 0.1) is 5.56 Å². The highest BCUT2D eigenvalue weighted by atomic mass is 16.3. The van der Waals surface area contributed by atoms with Crippen molar-refractivity contribution >= 4 is 29.2 Å². The Bertz CT molecular complexity index is 1420. The van der Waals surface area contributed by atoms with Gasteiger partial charge in [-0.15, -0.1) is 0 Å². The molecule has 1 unspecified atom stereocenters. The van der Waals surface area contributed by atoms with Gasteiger partial charge in [-0.1, -0.05) is 18.2 Å². The Morgan fingerprint density at radius 2 is 1.92 bits per heavy atom. The van der Waals surface area contributed by atoms with Crippen LogP contribution in [-0.2, 0) is 35.4 Å². The van der Waals surface area contributed by atoms with Gasteiger partial charge in [-0.25, -0.2) is 9.97 Å². The van der Waals surface area contributed by atoms with Gasteiger partial charge in [-0.2, -0.15) is 0 Å². The molecule has 0 saturated carbocycles. The van der Waals surface area contributed by atoms with Gasteiger partial charge in [-0.05, 0) is 54.5 Å². The van der Waals surface area contributed by atoms with Crippen molar-refractivity contribution in [3.63, 3.8) is 0 Å². The smallest absolute Gasteiger partial charge is 0.255 e. The molecule has 9 heteroatoms. The number of carbonyl (C=O) groups excluding carboxylic acids is 3. The highest BCUT2D eigenvalue weighted by molar-refractivity contribution is 6.06. The average molecular weight is 484 g/mol. The quantitative estimate of drug-likeness (QED) is 0.477. The van der Waals surface area contributed by atoms with E-state index < -0.39 is 11.9 Å². The number of hydrogen-bond acceptors (Lipinski definition) is 7. The van der Waals surface area contributed by atoms with Crippen LogP contribution in [0.4, 0.5) is 11.5 Å². The molecule has 3 N–H and O–H groups in total. The molecule has 0 radical (unpaired) electrons. The first-order chi connectivity index (χ1) is 17.4. The zero-order valence-electron chi connectivity index (χ0n) is 19.6. The summed E-state index contributed by atoms with van der Waals surface area (Å²) in [6, 6.07) is 10.5. The third kappa shape index (κ3) is 4.06. The Kier molecular flexibility index (Phi) is 5.40. The van der Waals surface area contributed by atoms with E-state index in [9.17, 15) is 19.5 Å². The minimum Gasteiger partial charge on any atom is -0.508 e. The van der Waals surface area contributed by atoms with Crippen molar-refractivity contribution in [3.8, 4) is 5.75 Å². The molecule has 2 aliphatic heterocycles. The number of aromatic nitrogens is 2. The number of carbonyl (C=O) groups is 3. The number of piperidine rings is 1. The molecule has 36 heavy (non-hydrogen) atoms. The second kappa shape index (κ2) is 8.75. The summed E-state index contributed by atoms with van der Waals surface area (Å²) in [7, 11) is 0. The summed E-state index contributed by atoms with van der Waals surface area (Å²) in [4.78, 5) is 47.6. The number of aryl methyl sites for hydroxylation is 2. The molecule has 3 aromatic rings. The minimum absolute atomic E-state index is 0.0675. The van der Waals surface area contributed by atoms with Crippen molar-refractivity contribution in [1.82, 2.24) is 20.2 Å². The zero-order chi connectivity index (χ0) is 24.8. The van der Waals surface area contributed by atoms with E-state index in [1.807, 2.05) is 0 Å². The van der Waals surface area contributed by atoms with E-state index in [1.54, 1.807) is 18.3 Å². The van der Waals surface area contributed by atoms with Crippen LogP contribution < -0.4 is 10.6 Å². The normalized spacial score (nSPS) is 18.7. The molecule has 6 rings (SSSR count). The Labute approximate surface area is 207 Å². The van der Waals surface area contributed by atoms with E-state index in [0.29, 0.717) is 34.9 Å². The molecule has 0 bridgehead atoms. The van der Waals surface area contributed by atoms with Crippen LogP contribution in [0.15, 0.2) is 42.6 Å². The number of benzene rings is 2. The summed E-state index contributed by atoms with van der Waals surface area (Å²) in [5, 5.41) is 15.9. The van der Waals surface area contributed by atoms with Crippen LogP contribution in [0.25, 0.3) is 0 Å². The predicted octanol–water partition coefficient (Wildman–Crippen LogP) is 2.77. The van der Waals surface area contributed by atoms with Crippen LogP contribution in [0.2, 0.25) is 0 Å². The fourth-order valence-electron chi connectivity index (χ4n) is 5.37. The van der Waals surface area contributed by atoms with Crippen LogP contribution in [0.3, 0.4) is 0 Å². The standard InChI is InChI=1S/C27H25N5O4/c33-18-12-19-20(14-32(27(19)36)22-6-7-25(34)31-26(22)35)21(13-18)29-23-8-9-28-24(30-23)11-15-4-5-16-2-1-3-17(16)10-15/h4-5,8-10,12-13,22,33H,1-3,6-7,11,14H2,(H,28,29,30)(H,31,34,35). The number of aromatic hydroxyl groups is 1. The third-order valence-electron chi connectivity index (χ3n) is 7.13. The van der Waals surface area contributed by atoms with Crippen LogP contribution >= 0.6 is 0 Å². The van der Waals surface area contributed by atoms with E-state index in [2.05, 4.69) is 38.8 Å². The number of rotatable bonds is 5. The summed E-state index contributed by atoms with van der Waals surface area (Å²) < 4.78 is 0. The Morgan fingerprint density at radius 3 is 2.78 bits per heavy atom. The monoisotopic (exact) mass is 483 g/mol. The lowest BCUT2D eigenvalue weighted by Crippen LogP contribution is -2.52. The zero-order valence-corrected chi connectivity index (χ0v) is 19.6. The topological polar surface area (TPSA) is 125 Å². The summed E-state index contributed by atoms with van der Waals surface area (Å²) in [6.07, 6.45) is 6.20. The number of nitrogens with one attached hydrogen (secondary N) is 2. The molecule has 3 amide bonds. The van der Waals surface area contributed by atoms with Crippen molar-refractivity contribution < 1.29 is 19.5 Å². The van der Waals surface area contributed by atoms with Crippen molar-refractivity contribution in [1.29, 1.82) is 0 Å². The first-order valence-electron chi connectivity index (χ1n) is 12.1. The van der Waals surface area contributed by atoms with Gasteiger partial charge in [-0.3, -0.25) is 19.7 Å². The lowest BCUT2D eigenvalue weighted by Gasteiger charge is -2.29. The molecule has 1 aromatic heterocycles. The molecule has 3 aliphatic rings. The second-order valence-corrected chi connectivity index (χ2v) is 9.54. The number of phenolic OH excluding ortho intramolecular Hbond substituents is 1. The van der Waals surface area contributed by atoms with Gasteiger partial charge in [0, 0.05) is 42.9 Å². The number of amides is 3. The van der Waals surface area contributed by atoms with Crippen molar-refractivity contribution in [3.05, 3.63) is 76.2 Å². The van der Waals surface area contributed by atoms with Crippen molar-refractivity contribution in [2.45, 2.75) is 51.1 Å². The second-order valence-electron chi connectivity index (χ2n) is 9.54. The van der Waals surface area contributed by atoms with E-state index in [1.165, 1.54) is 28.5 Å². The van der Waals surface area contributed by atoms with Gasteiger partial charge in [0.25, 0.3) is 5.91 Å². The number of imide groups is 1. The summed E-state index contributed by atoms with van der Waals surface area (Å²) in [5.74, 6) is -0.0181.